The van der Waals surface area contributed by atoms with Crippen LogP contribution in [0, 0.1) is 11.3 Å². The van der Waals surface area contributed by atoms with Gasteiger partial charge in [0.1, 0.15) is 6.10 Å². The molecule has 1 heterocycles. The highest BCUT2D eigenvalue weighted by Crippen LogP contribution is 2.39. The van der Waals surface area contributed by atoms with Gasteiger partial charge >= 0.3 is 5.97 Å². The molecule has 0 bridgehead atoms. The summed E-state index contributed by atoms with van der Waals surface area (Å²) in [5.74, 6) is 0.494. The van der Waals surface area contributed by atoms with Gasteiger partial charge < -0.3 is 4.74 Å². The Labute approximate surface area is 72.6 Å². The summed E-state index contributed by atoms with van der Waals surface area (Å²) >= 11 is 0. The van der Waals surface area contributed by atoms with Crippen LogP contribution >= 0.6 is 0 Å². The molecule has 2 nitrogen and oxygen atoms in total. The molecular weight excluding hydrogens is 152 g/mol. The zero-order chi connectivity index (χ0) is 8.77. The zero-order valence-electron chi connectivity index (χ0n) is 7.54. The van der Waals surface area contributed by atoms with E-state index in [1.165, 1.54) is 0 Å². The van der Waals surface area contributed by atoms with Crippen molar-refractivity contribution in [2.45, 2.75) is 32.8 Å². The lowest BCUT2D eigenvalue weighted by molar-refractivity contribution is -0.168. The molecule has 1 saturated heterocycles. The Morgan fingerprint density at radius 2 is 2.33 bits per heavy atom. The Balaban J connectivity index is 2.17. The minimum absolute atomic E-state index is 0.0460. The number of hydrogen-bond donors (Lipinski definition) is 0. The number of fused-ring (bicyclic) bond motifs is 1. The van der Waals surface area contributed by atoms with Gasteiger partial charge in [0, 0.05) is 5.92 Å². The van der Waals surface area contributed by atoms with Crippen LogP contribution in [0.15, 0.2) is 12.2 Å². The van der Waals surface area contributed by atoms with E-state index in [4.69, 9.17) is 4.74 Å². The number of carbonyl (C=O) groups excluding carboxylic acids is 1. The summed E-state index contributed by atoms with van der Waals surface area (Å²) in [5, 5.41) is 0. The molecule has 0 radical (unpaired) electrons. The summed E-state index contributed by atoms with van der Waals surface area (Å²) in [6.07, 6.45) is 6.23. The predicted molar refractivity (Wildman–Crippen MR) is 45.5 cm³/mol. The van der Waals surface area contributed by atoms with E-state index in [9.17, 15) is 4.79 Å². The first-order valence-electron chi connectivity index (χ1n) is 4.47. The summed E-state index contributed by atoms with van der Waals surface area (Å²) in [4.78, 5) is 11.4. The van der Waals surface area contributed by atoms with E-state index in [-0.39, 0.29) is 17.5 Å². The van der Waals surface area contributed by atoms with Gasteiger partial charge in [0.2, 0.25) is 0 Å². The topological polar surface area (TPSA) is 26.3 Å². The lowest BCUT2D eigenvalue weighted by Gasteiger charge is -2.35. The van der Waals surface area contributed by atoms with E-state index in [1.807, 2.05) is 19.9 Å². The maximum Gasteiger partial charge on any atom is 0.312 e. The van der Waals surface area contributed by atoms with Gasteiger partial charge in [0.25, 0.3) is 0 Å². The average Bonchev–Trinajstić information content (AvgIpc) is 2.35. The number of esters is 1. The van der Waals surface area contributed by atoms with Crippen LogP contribution in [0.2, 0.25) is 0 Å². The molecule has 0 N–H and O–H groups in total. The highest BCUT2D eigenvalue weighted by Gasteiger charge is 2.42. The Morgan fingerprint density at radius 1 is 1.58 bits per heavy atom. The fourth-order valence-electron chi connectivity index (χ4n) is 2.04. The fourth-order valence-corrected chi connectivity index (χ4v) is 2.04. The molecule has 0 aromatic rings. The van der Waals surface area contributed by atoms with E-state index in [2.05, 4.69) is 6.08 Å². The minimum Gasteiger partial charge on any atom is -0.457 e. The lowest BCUT2D eigenvalue weighted by atomic mass is 9.79. The molecule has 0 amide bonds. The number of carbonyl (C=O) groups is 1. The molecule has 1 aliphatic carbocycles. The lowest BCUT2D eigenvalue weighted by Crippen LogP contribution is -2.40. The van der Waals surface area contributed by atoms with Crippen LogP contribution in [-0.4, -0.2) is 12.1 Å². The van der Waals surface area contributed by atoms with Crippen LogP contribution in [0.1, 0.15) is 26.7 Å². The smallest absolute Gasteiger partial charge is 0.312 e. The Bertz CT molecular complexity index is 240. The monoisotopic (exact) mass is 166 g/mol. The average molecular weight is 166 g/mol. The van der Waals surface area contributed by atoms with E-state index in [0.717, 1.165) is 12.8 Å². The molecule has 1 fully saturated rings. The van der Waals surface area contributed by atoms with Gasteiger partial charge in [-0.2, -0.15) is 0 Å². The van der Waals surface area contributed by atoms with E-state index >= 15 is 0 Å². The van der Waals surface area contributed by atoms with E-state index in [0.29, 0.717) is 5.92 Å². The summed E-state index contributed by atoms with van der Waals surface area (Å²) < 4.78 is 5.30. The molecular formula is C10H14O2. The summed E-state index contributed by atoms with van der Waals surface area (Å²) in [7, 11) is 0. The van der Waals surface area contributed by atoms with Gasteiger partial charge in [0.15, 0.2) is 0 Å². The first-order chi connectivity index (χ1) is 5.59. The third-order valence-corrected chi connectivity index (χ3v) is 2.80. The van der Waals surface area contributed by atoms with Gasteiger partial charge in [-0.1, -0.05) is 6.08 Å². The minimum atomic E-state index is -0.271. The van der Waals surface area contributed by atoms with Crippen molar-refractivity contribution in [3.8, 4) is 0 Å². The molecule has 0 unspecified atom stereocenters. The molecule has 66 valence electrons. The number of hydrogen-bond acceptors (Lipinski definition) is 2. The normalized spacial score (nSPS) is 37.7. The fraction of sp³-hybridized carbons (Fsp3) is 0.700. The van der Waals surface area contributed by atoms with E-state index in [1.54, 1.807) is 0 Å². The standard InChI is InChI=1S/C10H14O2/c1-10(2)6-7-4-3-5-8(7)12-9(10)11/h3,5,7-8H,4,6H2,1-2H3/t7-,8-/m1/s1. The highest BCUT2D eigenvalue weighted by atomic mass is 16.5. The third-order valence-electron chi connectivity index (χ3n) is 2.80. The van der Waals surface area contributed by atoms with Crippen LogP contribution in [0.3, 0.4) is 0 Å². The van der Waals surface area contributed by atoms with Crippen LogP contribution in [0.4, 0.5) is 0 Å². The molecule has 1 aliphatic heterocycles. The first kappa shape index (κ1) is 7.84. The van der Waals surface area contributed by atoms with Crippen LogP contribution < -0.4 is 0 Å². The third kappa shape index (κ3) is 1.06. The molecule has 2 heteroatoms. The van der Waals surface area contributed by atoms with Crippen LogP contribution in [0.5, 0.6) is 0 Å². The number of allylic oxidation sites excluding steroid dienone is 1. The molecule has 0 spiro atoms. The second-order valence-corrected chi connectivity index (χ2v) is 4.38. The van der Waals surface area contributed by atoms with Crippen molar-refractivity contribution in [3.05, 3.63) is 12.2 Å². The van der Waals surface area contributed by atoms with Crippen molar-refractivity contribution in [1.29, 1.82) is 0 Å². The molecule has 12 heavy (non-hydrogen) atoms. The maximum absolute atomic E-state index is 11.4. The van der Waals surface area contributed by atoms with Crippen molar-refractivity contribution >= 4 is 5.97 Å². The molecule has 2 aliphatic rings. The molecule has 0 aromatic carbocycles. The van der Waals surface area contributed by atoms with Crippen LogP contribution in [-0.2, 0) is 9.53 Å². The first-order valence-corrected chi connectivity index (χ1v) is 4.47. The quantitative estimate of drug-likeness (QED) is 0.406. The second-order valence-electron chi connectivity index (χ2n) is 4.38. The highest BCUT2D eigenvalue weighted by molar-refractivity contribution is 5.77. The van der Waals surface area contributed by atoms with Gasteiger partial charge in [-0.25, -0.2) is 0 Å². The number of ether oxygens (including phenoxy) is 1. The Morgan fingerprint density at radius 3 is 3.08 bits per heavy atom. The van der Waals surface area contributed by atoms with Crippen molar-refractivity contribution in [1.82, 2.24) is 0 Å². The van der Waals surface area contributed by atoms with Crippen LogP contribution in [0.25, 0.3) is 0 Å². The van der Waals surface area contributed by atoms with Gasteiger partial charge in [-0.05, 0) is 32.8 Å². The number of rotatable bonds is 0. The van der Waals surface area contributed by atoms with Gasteiger partial charge in [0.05, 0.1) is 5.41 Å². The molecule has 0 aromatic heterocycles. The second kappa shape index (κ2) is 2.35. The Hall–Kier alpha value is -0.790. The Kier molecular flexibility index (Phi) is 1.53. The summed E-state index contributed by atoms with van der Waals surface area (Å²) in [5.41, 5.74) is -0.271. The molecule has 2 atom stereocenters. The maximum atomic E-state index is 11.4. The molecule has 0 saturated carbocycles. The zero-order valence-corrected chi connectivity index (χ0v) is 7.54. The van der Waals surface area contributed by atoms with Crippen molar-refractivity contribution in [2.24, 2.45) is 11.3 Å². The van der Waals surface area contributed by atoms with E-state index < -0.39 is 0 Å². The van der Waals surface area contributed by atoms with Gasteiger partial charge in [-0.15, -0.1) is 0 Å². The largest absolute Gasteiger partial charge is 0.457 e. The van der Waals surface area contributed by atoms with Crippen molar-refractivity contribution in [2.75, 3.05) is 0 Å². The summed E-state index contributed by atoms with van der Waals surface area (Å²) in [6.45, 7) is 3.92. The predicted octanol–water partition coefficient (Wildman–Crippen LogP) is 1.90. The summed E-state index contributed by atoms with van der Waals surface area (Å²) in [6, 6.07) is 0. The molecule has 2 rings (SSSR count). The van der Waals surface area contributed by atoms with Gasteiger partial charge in [-0.3, -0.25) is 4.79 Å². The van der Waals surface area contributed by atoms with Crippen molar-refractivity contribution in [3.63, 3.8) is 0 Å². The van der Waals surface area contributed by atoms with Crippen molar-refractivity contribution < 1.29 is 9.53 Å². The SMILES string of the molecule is CC1(C)C[C@H]2CC=C[C@H]2OC1=O.